The molecule has 2 aromatic carbocycles. The summed E-state index contributed by atoms with van der Waals surface area (Å²) in [4.78, 5) is 0. The fourth-order valence-electron chi connectivity index (χ4n) is 1.76. The number of ether oxygens (including phenoxy) is 2. The van der Waals surface area contributed by atoms with Crippen LogP contribution in [0.15, 0.2) is 40.9 Å². The van der Waals surface area contributed by atoms with Crippen molar-refractivity contribution in [1.29, 1.82) is 0 Å². The van der Waals surface area contributed by atoms with Gasteiger partial charge in [0, 0.05) is 28.7 Å². The standard InChI is InChI=1S/C15H15BrFNO2/c1-19-11-4-3-10(14(17)7-11)9-18-15-8-12(20-2)5-6-13(15)16/h3-8,18H,9H2,1-2H3. The summed E-state index contributed by atoms with van der Waals surface area (Å²) >= 11 is 3.44. The molecule has 0 spiro atoms. The Kier molecular flexibility index (Phi) is 4.84. The van der Waals surface area contributed by atoms with E-state index in [0.717, 1.165) is 15.9 Å². The van der Waals surface area contributed by atoms with Crippen molar-refractivity contribution in [1.82, 2.24) is 0 Å². The number of nitrogens with one attached hydrogen (secondary N) is 1. The highest BCUT2D eigenvalue weighted by molar-refractivity contribution is 9.10. The molecule has 0 aromatic heterocycles. The summed E-state index contributed by atoms with van der Waals surface area (Å²) in [7, 11) is 3.12. The second kappa shape index (κ2) is 6.61. The molecule has 0 aliphatic heterocycles. The fraction of sp³-hybridized carbons (Fsp3) is 0.200. The summed E-state index contributed by atoms with van der Waals surface area (Å²) in [6, 6.07) is 10.4. The first-order valence-corrected chi connectivity index (χ1v) is 6.83. The van der Waals surface area contributed by atoms with Gasteiger partial charge in [-0.2, -0.15) is 0 Å². The molecule has 0 amide bonds. The van der Waals surface area contributed by atoms with Crippen LogP contribution < -0.4 is 14.8 Å². The molecule has 0 bridgehead atoms. The quantitative estimate of drug-likeness (QED) is 0.884. The number of benzene rings is 2. The van der Waals surface area contributed by atoms with Crippen LogP contribution in [0.2, 0.25) is 0 Å². The van der Waals surface area contributed by atoms with Gasteiger partial charge in [-0.1, -0.05) is 6.07 Å². The van der Waals surface area contributed by atoms with E-state index in [1.807, 2.05) is 18.2 Å². The van der Waals surface area contributed by atoms with Crippen LogP contribution in [0.25, 0.3) is 0 Å². The van der Waals surface area contributed by atoms with Gasteiger partial charge < -0.3 is 14.8 Å². The van der Waals surface area contributed by atoms with Crippen molar-refractivity contribution >= 4 is 21.6 Å². The van der Waals surface area contributed by atoms with E-state index in [1.165, 1.54) is 13.2 Å². The maximum Gasteiger partial charge on any atom is 0.131 e. The third kappa shape index (κ3) is 3.42. The van der Waals surface area contributed by atoms with E-state index in [2.05, 4.69) is 21.2 Å². The predicted molar refractivity (Wildman–Crippen MR) is 81.0 cm³/mol. The lowest BCUT2D eigenvalue weighted by atomic mass is 10.2. The molecule has 0 saturated heterocycles. The van der Waals surface area contributed by atoms with Gasteiger partial charge >= 0.3 is 0 Å². The highest BCUT2D eigenvalue weighted by Crippen LogP contribution is 2.28. The molecule has 106 valence electrons. The largest absolute Gasteiger partial charge is 0.497 e. The molecule has 3 nitrogen and oxygen atoms in total. The first-order chi connectivity index (χ1) is 9.63. The van der Waals surface area contributed by atoms with Crippen molar-refractivity contribution in [2.45, 2.75) is 6.54 Å². The SMILES string of the molecule is COc1ccc(CNc2cc(OC)ccc2Br)c(F)c1. The van der Waals surface area contributed by atoms with Crippen LogP contribution in [-0.2, 0) is 6.54 Å². The topological polar surface area (TPSA) is 30.5 Å². The number of hydrogen-bond donors (Lipinski definition) is 1. The van der Waals surface area contributed by atoms with Gasteiger partial charge in [0.25, 0.3) is 0 Å². The number of halogens is 2. The molecule has 0 aliphatic carbocycles. The van der Waals surface area contributed by atoms with Crippen LogP contribution in [0.4, 0.5) is 10.1 Å². The maximum atomic E-state index is 13.8. The van der Waals surface area contributed by atoms with Crippen molar-refractivity contribution in [3.63, 3.8) is 0 Å². The van der Waals surface area contributed by atoms with Gasteiger partial charge in [-0.3, -0.25) is 0 Å². The molecule has 0 radical (unpaired) electrons. The summed E-state index contributed by atoms with van der Waals surface area (Å²) < 4.78 is 24.9. The lowest BCUT2D eigenvalue weighted by Crippen LogP contribution is -2.03. The van der Waals surface area contributed by atoms with E-state index < -0.39 is 0 Å². The van der Waals surface area contributed by atoms with Crippen LogP contribution in [0, 0.1) is 5.82 Å². The zero-order valence-electron chi connectivity index (χ0n) is 11.2. The van der Waals surface area contributed by atoms with Crippen molar-refractivity contribution < 1.29 is 13.9 Å². The lowest BCUT2D eigenvalue weighted by Gasteiger charge is -2.11. The van der Waals surface area contributed by atoms with E-state index in [4.69, 9.17) is 9.47 Å². The molecule has 0 heterocycles. The first-order valence-electron chi connectivity index (χ1n) is 6.04. The molecule has 0 fully saturated rings. The Morgan fingerprint density at radius 3 is 2.35 bits per heavy atom. The number of methoxy groups -OCH3 is 2. The van der Waals surface area contributed by atoms with E-state index in [0.29, 0.717) is 17.9 Å². The number of rotatable bonds is 5. The molecule has 1 N–H and O–H groups in total. The van der Waals surface area contributed by atoms with Gasteiger partial charge in [0.05, 0.1) is 19.9 Å². The Labute approximate surface area is 125 Å². The van der Waals surface area contributed by atoms with Crippen LogP contribution in [0.1, 0.15) is 5.56 Å². The van der Waals surface area contributed by atoms with Crippen LogP contribution in [0.5, 0.6) is 11.5 Å². The van der Waals surface area contributed by atoms with Gasteiger partial charge in [-0.05, 0) is 34.1 Å². The number of hydrogen-bond acceptors (Lipinski definition) is 3. The molecule has 0 unspecified atom stereocenters. The summed E-state index contributed by atoms with van der Waals surface area (Å²) in [5.74, 6) is 0.954. The van der Waals surface area contributed by atoms with Crippen molar-refractivity contribution in [3.8, 4) is 11.5 Å². The van der Waals surface area contributed by atoms with Crippen LogP contribution in [0.3, 0.4) is 0 Å². The van der Waals surface area contributed by atoms with Crippen molar-refractivity contribution in [2.24, 2.45) is 0 Å². The average Bonchev–Trinajstić information content (AvgIpc) is 2.47. The lowest BCUT2D eigenvalue weighted by molar-refractivity contribution is 0.411. The molecular formula is C15H15BrFNO2. The molecule has 2 rings (SSSR count). The summed E-state index contributed by atoms with van der Waals surface area (Å²) in [6.07, 6.45) is 0. The van der Waals surface area contributed by atoms with Gasteiger partial charge in [0.2, 0.25) is 0 Å². The molecule has 0 atom stereocenters. The molecule has 0 aliphatic rings. The summed E-state index contributed by atoms with van der Waals surface area (Å²) in [5.41, 5.74) is 1.42. The van der Waals surface area contributed by atoms with E-state index in [-0.39, 0.29) is 5.82 Å². The Hall–Kier alpha value is -1.75. The second-order valence-electron chi connectivity index (χ2n) is 4.16. The normalized spacial score (nSPS) is 10.2. The van der Waals surface area contributed by atoms with E-state index in [1.54, 1.807) is 19.2 Å². The molecular weight excluding hydrogens is 325 g/mol. The minimum atomic E-state index is -0.295. The van der Waals surface area contributed by atoms with Crippen LogP contribution in [-0.4, -0.2) is 14.2 Å². The predicted octanol–water partition coefficient (Wildman–Crippen LogP) is 4.22. The Balaban J connectivity index is 2.12. The van der Waals surface area contributed by atoms with Crippen molar-refractivity contribution in [3.05, 3.63) is 52.3 Å². The van der Waals surface area contributed by atoms with Gasteiger partial charge in [0.15, 0.2) is 0 Å². The minimum Gasteiger partial charge on any atom is -0.497 e. The first kappa shape index (κ1) is 14.7. The molecule has 0 saturated carbocycles. The van der Waals surface area contributed by atoms with Crippen LogP contribution >= 0.6 is 15.9 Å². The van der Waals surface area contributed by atoms with Gasteiger partial charge in [-0.25, -0.2) is 4.39 Å². The maximum absolute atomic E-state index is 13.8. The monoisotopic (exact) mass is 339 g/mol. The number of anilines is 1. The Bertz CT molecular complexity index is 604. The zero-order chi connectivity index (χ0) is 14.5. The second-order valence-corrected chi connectivity index (χ2v) is 5.01. The average molecular weight is 340 g/mol. The Morgan fingerprint density at radius 1 is 1.05 bits per heavy atom. The van der Waals surface area contributed by atoms with E-state index >= 15 is 0 Å². The Morgan fingerprint density at radius 2 is 1.70 bits per heavy atom. The van der Waals surface area contributed by atoms with E-state index in [9.17, 15) is 4.39 Å². The third-order valence-corrected chi connectivity index (χ3v) is 3.59. The molecule has 5 heteroatoms. The van der Waals surface area contributed by atoms with Gasteiger partial charge in [0.1, 0.15) is 17.3 Å². The third-order valence-electron chi connectivity index (χ3n) is 2.90. The fourth-order valence-corrected chi connectivity index (χ4v) is 2.14. The highest BCUT2D eigenvalue weighted by Gasteiger charge is 2.06. The van der Waals surface area contributed by atoms with Gasteiger partial charge in [-0.15, -0.1) is 0 Å². The van der Waals surface area contributed by atoms with Crippen molar-refractivity contribution in [2.75, 3.05) is 19.5 Å². The zero-order valence-corrected chi connectivity index (χ0v) is 12.8. The minimum absolute atomic E-state index is 0.295. The summed E-state index contributed by atoms with van der Waals surface area (Å²) in [5, 5.41) is 3.17. The summed E-state index contributed by atoms with van der Waals surface area (Å²) in [6.45, 7) is 0.377. The smallest absolute Gasteiger partial charge is 0.131 e. The molecule has 20 heavy (non-hydrogen) atoms. The highest BCUT2D eigenvalue weighted by atomic mass is 79.9. The molecule has 2 aromatic rings.